The van der Waals surface area contributed by atoms with E-state index in [1.54, 1.807) is 13.3 Å². The maximum Gasteiger partial charge on any atom is 0.130 e. The normalized spacial score (nSPS) is 10.2. The summed E-state index contributed by atoms with van der Waals surface area (Å²) in [6.07, 6.45) is 1.76. The Labute approximate surface area is 101 Å². The number of methoxy groups -OCH3 is 1. The van der Waals surface area contributed by atoms with Gasteiger partial charge in [0.2, 0.25) is 0 Å². The topological polar surface area (TPSA) is 31.4 Å². The van der Waals surface area contributed by atoms with Crippen LogP contribution in [0.3, 0.4) is 0 Å². The predicted octanol–water partition coefficient (Wildman–Crippen LogP) is 2.81. The van der Waals surface area contributed by atoms with Crippen molar-refractivity contribution in [3.63, 3.8) is 0 Å². The van der Waals surface area contributed by atoms with Gasteiger partial charge in [-0.05, 0) is 29.8 Å². The van der Waals surface area contributed by atoms with E-state index in [-0.39, 0.29) is 0 Å². The second-order valence-corrected chi connectivity index (χ2v) is 3.69. The van der Waals surface area contributed by atoms with Crippen molar-refractivity contribution >= 4 is 0 Å². The van der Waals surface area contributed by atoms with Crippen molar-refractivity contribution in [2.45, 2.75) is 13.2 Å². The Morgan fingerprint density at radius 1 is 1.06 bits per heavy atom. The molecule has 0 saturated carbocycles. The lowest BCUT2D eigenvalue weighted by molar-refractivity contribution is 0.184. The standard InChI is InChI=1S/C14H15NO2/c1-16-10-12-5-4-7-14(9-12)17-11-13-6-2-3-8-15-13/h2-9H,10-11H2,1H3. The van der Waals surface area contributed by atoms with Crippen LogP contribution in [0, 0.1) is 0 Å². The number of nitrogens with zero attached hydrogens (tertiary/aromatic N) is 1. The molecule has 0 aliphatic rings. The Hall–Kier alpha value is -1.87. The minimum Gasteiger partial charge on any atom is -0.487 e. The molecule has 0 amide bonds. The quantitative estimate of drug-likeness (QED) is 0.790. The van der Waals surface area contributed by atoms with Gasteiger partial charge in [0, 0.05) is 13.3 Å². The van der Waals surface area contributed by atoms with Crippen LogP contribution in [0.5, 0.6) is 5.75 Å². The summed E-state index contributed by atoms with van der Waals surface area (Å²) in [5.74, 6) is 0.838. The van der Waals surface area contributed by atoms with Crippen LogP contribution >= 0.6 is 0 Å². The van der Waals surface area contributed by atoms with Gasteiger partial charge in [0.05, 0.1) is 12.3 Å². The molecular weight excluding hydrogens is 214 g/mol. The molecule has 17 heavy (non-hydrogen) atoms. The van der Waals surface area contributed by atoms with Crippen LogP contribution in [-0.2, 0) is 18.0 Å². The van der Waals surface area contributed by atoms with E-state index in [1.807, 2.05) is 42.5 Å². The van der Waals surface area contributed by atoms with Gasteiger partial charge in [-0.25, -0.2) is 0 Å². The molecular formula is C14H15NO2. The van der Waals surface area contributed by atoms with Crippen molar-refractivity contribution in [2.24, 2.45) is 0 Å². The van der Waals surface area contributed by atoms with E-state index in [0.29, 0.717) is 13.2 Å². The Morgan fingerprint density at radius 2 is 2.00 bits per heavy atom. The van der Waals surface area contributed by atoms with E-state index in [4.69, 9.17) is 9.47 Å². The third kappa shape index (κ3) is 3.57. The number of pyridine rings is 1. The van der Waals surface area contributed by atoms with E-state index < -0.39 is 0 Å². The maximum absolute atomic E-state index is 5.66. The van der Waals surface area contributed by atoms with Crippen molar-refractivity contribution in [1.29, 1.82) is 0 Å². The van der Waals surface area contributed by atoms with Crippen LogP contribution in [-0.4, -0.2) is 12.1 Å². The molecule has 0 saturated heterocycles. The van der Waals surface area contributed by atoms with Gasteiger partial charge in [-0.15, -0.1) is 0 Å². The second-order valence-electron chi connectivity index (χ2n) is 3.69. The van der Waals surface area contributed by atoms with Gasteiger partial charge in [-0.3, -0.25) is 4.98 Å². The zero-order chi connectivity index (χ0) is 11.9. The predicted molar refractivity (Wildman–Crippen MR) is 65.7 cm³/mol. The highest BCUT2D eigenvalue weighted by atomic mass is 16.5. The average Bonchev–Trinajstić information content (AvgIpc) is 2.39. The molecule has 0 N–H and O–H groups in total. The van der Waals surface area contributed by atoms with Gasteiger partial charge in [0.15, 0.2) is 0 Å². The van der Waals surface area contributed by atoms with Gasteiger partial charge >= 0.3 is 0 Å². The van der Waals surface area contributed by atoms with Crippen LogP contribution in [0.15, 0.2) is 48.7 Å². The van der Waals surface area contributed by atoms with Crippen LogP contribution in [0.25, 0.3) is 0 Å². The van der Waals surface area contributed by atoms with Crippen molar-refractivity contribution in [1.82, 2.24) is 4.98 Å². The first-order chi connectivity index (χ1) is 8.38. The van der Waals surface area contributed by atoms with Crippen LogP contribution in [0.1, 0.15) is 11.3 Å². The molecule has 0 bridgehead atoms. The lowest BCUT2D eigenvalue weighted by atomic mass is 10.2. The third-order valence-corrected chi connectivity index (χ3v) is 2.32. The lowest BCUT2D eigenvalue weighted by Crippen LogP contribution is -1.98. The van der Waals surface area contributed by atoms with Crippen molar-refractivity contribution in [3.05, 3.63) is 59.9 Å². The summed E-state index contributed by atoms with van der Waals surface area (Å²) >= 11 is 0. The van der Waals surface area contributed by atoms with E-state index in [1.165, 1.54) is 0 Å². The second kappa shape index (κ2) is 6.01. The minimum atomic E-state index is 0.483. The molecule has 2 rings (SSSR count). The molecule has 88 valence electrons. The third-order valence-electron chi connectivity index (χ3n) is 2.32. The Morgan fingerprint density at radius 3 is 2.76 bits per heavy atom. The first-order valence-corrected chi connectivity index (χ1v) is 5.49. The van der Waals surface area contributed by atoms with Gasteiger partial charge in [-0.1, -0.05) is 18.2 Å². The molecule has 1 aromatic carbocycles. The summed E-state index contributed by atoms with van der Waals surface area (Å²) in [4.78, 5) is 4.20. The zero-order valence-corrected chi connectivity index (χ0v) is 9.80. The van der Waals surface area contributed by atoms with Crippen LogP contribution in [0.4, 0.5) is 0 Å². The van der Waals surface area contributed by atoms with Gasteiger partial charge in [-0.2, -0.15) is 0 Å². The highest BCUT2D eigenvalue weighted by Gasteiger charge is 1.98. The van der Waals surface area contributed by atoms with Crippen molar-refractivity contribution < 1.29 is 9.47 Å². The van der Waals surface area contributed by atoms with Gasteiger partial charge in [0.25, 0.3) is 0 Å². The Bertz CT molecular complexity index is 457. The number of aromatic nitrogens is 1. The summed E-state index contributed by atoms with van der Waals surface area (Å²) < 4.78 is 10.7. The summed E-state index contributed by atoms with van der Waals surface area (Å²) in [5.41, 5.74) is 2.02. The molecule has 0 spiro atoms. The molecule has 1 heterocycles. The first-order valence-electron chi connectivity index (χ1n) is 5.49. The van der Waals surface area contributed by atoms with E-state index in [0.717, 1.165) is 17.0 Å². The van der Waals surface area contributed by atoms with Crippen LogP contribution < -0.4 is 4.74 Å². The lowest BCUT2D eigenvalue weighted by Gasteiger charge is -2.07. The molecule has 0 aliphatic heterocycles. The average molecular weight is 229 g/mol. The van der Waals surface area contributed by atoms with Gasteiger partial charge in [0.1, 0.15) is 12.4 Å². The SMILES string of the molecule is COCc1cccc(OCc2ccccn2)c1. The van der Waals surface area contributed by atoms with Crippen molar-refractivity contribution in [3.8, 4) is 5.75 Å². The highest BCUT2D eigenvalue weighted by Crippen LogP contribution is 2.15. The fourth-order valence-electron chi connectivity index (χ4n) is 1.53. The molecule has 3 nitrogen and oxygen atoms in total. The molecule has 0 radical (unpaired) electrons. The van der Waals surface area contributed by atoms with Crippen molar-refractivity contribution in [2.75, 3.05) is 7.11 Å². The minimum absolute atomic E-state index is 0.483. The smallest absolute Gasteiger partial charge is 0.130 e. The Kier molecular flexibility index (Phi) is 4.11. The number of hydrogen-bond donors (Lipinski definition) is 0. The highest BCUT2D eigenvalue weighted by molar-refractivity contribution is 5.28. The number of ether oxygens (including phenoxy) is 2. The van der Waals surface area contributed by atoms with Crippen LogP contribution in [0.2, 0.25) is 0 Å². The number of rotatable bonds is 5. The molecule has 0 aliphatic carbocycles. The fraction of sp³-hybridized carbons (Fsp3) is 0.214. The maximum atomic E-state index is 5.66. The molecule has 0 atom stereocenters. The molecule has 2 aromatic rings. The summed E-state index contributed by atoms with van der Waals surface area (Å²) in [7, 11) is 1.68. The molecule has 3 heteroatoms. The number of benzene rings is 1. The molecule has 0 unspecified atom stereocenters. The molecule has 1 aromatic heterocycles. The van der Waals surface area contributed by atoms with Gasteiger partial charge < -0.3 is 9.47 Å². The molecule has 0 fully saturated rings. The largest absolute Gasteiger partial charge is 0.487 e. The van der Waals surface area contributed by atoms with E-state index in [2.05, 4.69) is 4.98 Å². The monoisotopic (exact) mass is 229 g/mol. The fourth-order valence-corrected chi connectivity index (χ4v) is 1.53. The summed E-state index contributed by atoms with van der Waals surface area (Å²) in [5, 5.41) is 0. The van der Waals surface area contributed by atoms with E-state index >= 15 is 0 Å². The first kappa shape index (κ1) is 11.6. The zero-order valence-electron chi connectivity index (χ0n) is 9.80. The number of hydrogen-bond acceptors (Lipinski definition) is 3. The summed E-state index contributed by atoms with van der Waals surface area (Å²) in [6.45, 7) is 1.08. The summed E-state index contributed by atoms with van der Waals surface area (Å²) in [6, 6.07) is 13.7. The Balaban J connectivity index is 1.97. The van der Waals surface area contributed by atoms with E-state index in [9.17, 15) is 0 Å².